The van der Waals surface area contributed by atoms with E-state index in [9.17, 15) is 0 Å². The van der Waals surface area contributed by atoms with Gasteiger partial charge in [-0.3, -0.25) is 0 Å². The lowest BCUT2D eigenvalue weighted by Gasteiger charge is -2.32. The Morgan fingerprint density at radius 2 is 1.95 bits per heavy atom. The highest BCUT2D eigenvalue weighted by Gasteiger charge is 2.17. The standard InChI is InChI=1S/C16H25BrN2O/c1-2-10-19-11-7-15(8-12-19)18-9-13-20-16-5-3-14(17)4-6-16/h3-6,15,18H,2,7-13H2,1H3. The maximum Gasteiger partial charge on any atom is 0.119 e. The molecule has 0 spiro atoms. The molecule has 1 fully saturated rings. The second kappa shape index (κ2) is 8.65. The van der Waals surface area contributed by atoms with Crippen molar-refractivity contribution in [2.24, 2.45) is 0 Å². The first-order valence-corrected chi connectivity index (χ1v) is 8.41. The van der Waals surface area contributed by atoms with Gasteiger partial charge >= 0.3 is 0 Å². The third-order valence-corrected chi connectivity index (χ3v) is 4.27. The Balaban J connectivity index is 1.56. The van der Waals surface area contributed by atoms with Crippen molar-refractivity contribution in [1.82, 2.24) is 10.2 Å². The predicted molar refractivity (Wildman–Crippen MR) is 87.4 cm³/mol. The molecule has 4 heteroatoms. The summed E-state index contributed by atoms with van der Waals surface area (Å²) in [5.74, 6) is 0.938. The van der Waals surface area contributed by atoms with Gasteiger partial charge in [0.25, 0.3) is 0 Å². The largest absolute Gasteiger partial charge is 0.492 e. The molecule has 0 atom stereocenters. The summed E-state index contributed by atoms with van der Waals surface area (Å²) in [6, 6.07) is 8.66. The topological polar surface area (TPSA) is 24.5 Å². The van der Waals surface area contributed by atoms with Crippen LogP contribution in [-0.4, -0.2) is 43.7 Å². The van der Waals surface area contributed by atoms with Gasteiger partial charge in [-0.1, -0.05) is 22.9 Å². The van der Waals surface area contributed by atoms with Crippen LogP contribution in [0.15, 0.2) is 28.7 Å². The highest BCUT2D eigenvalue weighted by atomic mass is 79.9. The lowest BCUT2D eigenvalue weighted by molar-refractivity contribution is 0.193. The Bertz CT molecular complexity index is 375. The number of rotatable bonds is 7. The van der Waals surface area contributed by atoms with E-state index in [1.54, 1.807) is 0 Å². The summed E-state index contributed by atoms with van der Waals surface area (Å²) < 4.78 is 6.80. The first-order chi connectivity index (χ1) is 9.78. The molecule has 3 nitrogen and oxygen atoms in total. The number of hydrogen-bond acceptors (Lipinski definition) is 3. The monoisotopic (exact) mass is 340 g/mol. The SMILES string of the molecule is CCCN1CCC(NCCOc2ccc(Br)cc2)CC1. The molecular formula is C16H25BrN2O. The lowest BCUT2D eigenvalue weighted by atomic mass is 10.1. The molecule has 0 radical (unpaired) electrons. The average Bonchev–Trinajstić information content (AvgIpc) is 2.47. The van der Waals surface area contributed by atoms with E-state index < -0.39 is 0 Å². The molecule has 0 aromatic heterocycles. The number of nitrogens with zero attached hydrogens (tertiary/aromatic N) is 1. The Morgan fingerprint density at radius 3 is 2.60 bits per heavy atom. The summed E-state index contributed by atoms with van der Waals surface area (Å²) in [5, 5.41) is 3.60. The molecule has 112 valence electrons. The second-order valence-electron chi connectivity index (χ2n) is 5.37. The van der Waals surface area contributed by atoms with E-state index in [0.29, 0.717) is 6.04 Å². The molecule has 1 heterocycles. The Labute approximate surface area is 130 Å². The van der Waals surface area contributed by atoms with Gasteiger partial charge in [-0.05, 0) is 63.2 Å². The van der Waals surface area contributed by atoms with Crippen LogP contribution in [-0.2, 0) is 0 Å². The molecule has 1 saturated heterocycles. The van der Waals surface area contributed by atoms with Gasteiger partial charge in [-0.25, -0.2) is 0 Å². The number of benzene rings is 1. The molecule has 20 heavy (non-hydrogen) atoms. The van der Waals surface area contributed by atoms with Crippen LogP contribution in [0.3, 0.4) is 0 Å². The molecule has 1 aromatic carbocycles. The lowest BCUT2D eigenvalue weighted by Crippen LogP contribution is -2.43. The van der Waals surface area contributed by atoms with E-state index in [2.05, 4.69) is 33.1 Å². The number of nitrogens with one attached hydrogen (secondary N) is 1. The fourth-order valence-electron chi connectivity index (χ4n) is 2.64. The van der Waals surface area contributed by atoms with E-state index in [4.69, 9.17) is 4.74 Å². The molecule has 1 aliphatic heterocycles. The summed E-state index contributed by atoms with van der Waals surface area (Å²) >= 11 is 3.42. The number of piperidine rings is 1. The van der Waals surface area contributed by atoms with Crippen LogP contribution >= 0.6 is 15.9 Å². The van der Waals surface area contributed by atoms with E-state index in [0.717, 1.165) is 23.4 Å². The minimum absolute atomic E-state index is 0.664. The molecule has 2 rings (SSSR count). The van der Waals surface area contributed by atoms with Crippen LogP contribution in [0.2, 0.25) is 0 Å². The quantitative estimate of drug-likeness (QED) is 0.771. The van der Waals surface area contributed by atoms with Crippen molar-refractivity contribution < 1.29 is 4.74 Å². The van der Waals surface area contributed by atoms with Crippen LogP contribution in [0.5, 0.6) is 5.75 Å². The summed E-state index contributed by atoms with van der Waals surface area (Å²) in [6.07, 6.45) is 3.79. The van der Waals surface area contributed by atoms with Crippen LogP contribution in [0.25, 0.3) is 0 Å². The van der Waals surface area contributed by atoms with Crippen LogP contribution in [0, 0.1) is 0 Å². The van der Waals surface area contributed by atoms with Crippen LogP contribution in [0.1, 0.15) is 26.2 Å². The molecule has 0 saturated carbocycles. The summed E-state index contributed by atoms with van der Waals surface area (Å²) in [4.78, 5) is 2.57. The first-order valence-electron chi connectivity index (χ1n) is 7.62. The van der Waals surface area contributed by atoms with Crippen molar-refractivity contribution in [2.75, 3.05) is 32.8 Å². The average molecular weight is 341 g/mol. The second-order valence-corrected chi connectivity index (χ2v) is 6.29. The van der Waals surface area contributed by atoms with Gasteiger partial charge in [0.15, 0.2) is 0 Å². The molecule has 1 aromatic rings. The Hall–Kier alpha value is -0.580. The maximum absolute atomic E-state index is 5.72. The fraction of sp³-hybridized carbons (Fsp3) is 0.625. The van der Waals surface area contributed by atoms with E-state index in [1.807, 2.05) is 24.3 Å². The summed E-state index contributed by atoms with van der Waals surface area (Å²) in [6.45, 7) is 7.63. The number of hydrogen-bond donors (Lipinski definition) is 1. The van der Waals surface area contributed by atoms with Crippen LogP contribution < -0.4 is 10.1 Å². The van der Waals surface area contributed by atoms with Gasteiger partial charge in [0.1, 0.15) is 12.4 Å². The Morgan fingerprint density at radius 1 is 1.25 bits per heavy atom. The van der Waals surface area contributed by atoms with Crippen molar-refractivity contribution in [2.45, 2.75) is 32.2 Å². The minimum Gasteiger partial charge on any atom is -0.492 e. The van der Waals surface area contributed by atoms with Gasteiger partial charge < -0.3 is 15.0 Å². The highest BCUT2D eigenvalue weighted by molar-refractivity contribution is 9.10. The van der Waals surface area contributed by atoms with Gasteiger partial charge in [-0.15, -0.1) is 0 Å². The van der Waals surface area contributed by atoms with Crippen molar-refractivity contribution in [3.05, 3.63) is 28.7 Å². The molecule has 0 amide bonds. The van der Waals surface area contributed by atoms with Crippen molar-refractivity contribution in [3.63, 3.8) is 0 Å². The fourth-order valence-corrected chi connectivity index (χ4v) is 2.90. The minimum atomic E-state index is 0.664. The highest BCUT2D eigenvalue weighted by Crippen LogP contribution is 2.16. The molecule has 0 bridgehead atoms. The van der Waals surface area contributed by atoms with Crippen molar-refractivity contribution in [1.29, 1.82) is 0 Å². The van der Waals surface area contributed by atoms with Gasteiger partial charge in [0.05, 0.1) is 0 Å². The van der Waals surface area contributed by atoms with Gasteiger partial charge in [0, 0.05) is 17.1 Å². The zero-order chi connectivity index (χ0) is 14.2. The molecule has 0 unspecified atom stereocenters. The predicted octanol–water partition coefficient (Wildman–Crippen LogP) is 3.29. The zero-order valence-electron chi connectivity index (χ0n) is 12.3. The van der Waals surface area contributed by atoms with Crippen molar-refractivity contribution >= 4 is 15.9 Å². The number of halogens is 1. The van der Waals surface area contributed by atoms with Gasteiger partial charge in [0.2, 0.25) is 0 Å². The molecular weight excluding hydrogens is 316 g/mol. The summed E-state index contributed by atoms with van der Waals surface area (Å²) in [5.41, 5.74) is 0. The third kappa shape index (κ3) is 5.43. The van der Waals surface area contributed by atoms with Crippen LogP contribution in [0.4, 0.5) is 0 Å². The normalized spacial score (nSPS) is 17.3. The van der Waals surface area contributed by atoms with E-state index in [-0.39, 0.29) is 0 Å². The van der Waals surface area contributed by atoms with E-state index in [1.165, 1.54) is 38.9 Å². The number of ether oxygens (including phenoxy) is 1. The van der Waals surface area contributed by atoms with E-state index >= 15 is 0 Å². The van der Waals surface area contributed by atoms with Gasteiger partial charge in [-0.2, -0.15) is 0 Å². The smallest absolute Gasteiger partial charge is 0.119 e. The molecule has 0 aliphatic carbocycles. The molecule has 1 N–H and O–H groups in total. The number of likely N-dealkylation sites (tertiary alicyclic amines) is 1. The zero-order valence-corrected chi connectivity index (χ0v) is 13.9. The summed E-state index contributed by atoms with van der Waals surface area (Å²) in [7, 11) is 0. The first kappa shape index (κ1) is 15.8. The Kier molecular flexibility index (Phi) is 6.83. The third-order valence-electron chi connectivity index (χ3n) is 3.74. The molecule has 1 aliphatic rings. The maximum atomic E-state index is 5.72. The van der Waals surface area contributed by atoms with Crippen molar-refractivity contribution in [3.8, 4) is 5.75 Å².